The van der Waals surface area contributed by atoms with Gasteiger partial charge in [-0.05, 0) is 56.2 Å². The molecule has 0 radical (unpaired) electrons. The lowest BCUT2D eigenvalue weighted by Gasteiger charge is -2.16. The molecule has 2 N–H and O–H groups in total. The summed E-state index contributed by atoms with van der Waals surface area (Å²) < 4.78 is 37.7. The Kier molecular flexibility index (Phi) is 4.48. The van der Waals surface area contributed by atoms with E-state index in [0.717, 1.165) is 17.7 Å². The Balaban J connectivity index is 1.67. The zero-order chi connectivity index (χ0) is 18.9. The predicted octanol–water partition coefficient (Wildman–Crippen LogP) is 4.37. The standard InChI is InChI=1S/C19H17F3N2O2/c1-12-2-6-14(7-3-12)23-16(25)18(10-11-18)17(26)24-15-8-4-13(5-9-15)19(20,21)22/h2-9H,10-11H2,1H3,(H,23,25)(H,24,26). The fraction of sp³-hybridized carbons (Fsp3) is 0.263. The number of anilines is 2. The van der Waals surface area contributed by atoms with E-state index < -0.39 is 29.0 Å². The van der Waals surface area contributed by atoms with E-state index in [9.17, 15) is 22.8 Å². The Hall–Kier alpha value is -2.83. The van der Waals surface area contributed by atoms with Crippen LogP contribution in [0.2, 0.25) is 0 Å². The number of hydrogen-bond acceptors (Lipinski definition) is 2. The molecule has 7 heteroatoms. The number of aryl methyl sites for hydroxylation is 1. The van der Waals surface area contributed by atoms with Gasteiger partial charge in [-0.3, -0.25) is 9.59 Å². The highest BCUT2D eigenvalue weighted by molar-refractivity contribution is 6.16. The molecule has 0 aromatic heterocycles. The highest BCUT2D eigenvalue weighted by atomic mass is 19.4. The molecule has 1 aliphatic rings. The van der Waals surface area contributed by atoms with Crippen LogP contribution in [-0.4, -0.2) is 11.8 Å². The Labute approximate surface area is 148 Å². The summed E-state index contributed by atoms with van der Waals surface area (Å²) in [7, 11) is 0. The van der Waals surface area contributed by atoms with Crippen LogP contribution in [0.15, 0.2) is 48.5 Å². The molecular formula is C19H17F3N2O2. The van der Waals surface area contributed by atoms with Gasteiger partial charge in [-0.25, -0.2) is 0 Å². The van der Waals surface area contributed by atoms with Crippen LogP contribution in [0.3, 0.4) is 0 Å². The second-order valence-electron chi connectivity index (χ2n) is 6.43. The molecule has 2 aromatic carbocycles. The second-order valence-corrected chi connectivity index (χ2v) is 6.43. The van der Waals surface area contributed by atoms with Gasteiger partial charge in [0.25, 0.3) is 0 Å². The molecule has 2 amide bonds. The third kappa shape index (κ3) is 3.71. The zero-order valence-corrected chi connectivity index (χ0v) is 14.0. The van der Waals surface area contributed by atoms with Crippen molar-refractivity contribution in [1.82, 2.24) is 0 Å². The van der Waals surface area contributed by atoms with E-state index >= 15 is 0 Å². The minimum Gasteiger partial charge on any atom is -0.325 e. The number of carbonyl (C=O) groups is 2. The molecule has 0 heterocycles. The van der Waals surface area contributed by atoms with Crippen molar-refractivity contribution in [3.05, 3.63) is 59.7 Å². The van der Waals surface area contributed by atoms with Crippen LogP contribution in [0.1, 0.15) is 24.0 Å². The summed E-state index contributed by atoms with van der Waals surface area (Å²) in [5.74, 6) is -0.923. The van der Waals surface area contributed by atoms with Crippen LogP contribution >= 0.6 is 0 Å². The lowest BCUT2D eigenvalue weighted by atomic mass is 10.0. The van der Waals surface area contributed by atoms with Crippen molar-refractivity contribution in [2.24, 2.45) is 5.41 Å². The van der Waals surface area contributed by atoms with E-state index in [4.69, 9.17) is 0 Å². The van der Waals surface area contributed by atoms with Gasteiger partial charge in [0.05, 0.1) is 5.56 Å². The van der Waals surface area contributed by atoms with Gasteiger partial charge in [0.15, 0.2) is 0 Å². The summed E-state index contributed by atoms with van der Waals surface area (Å²) in [6.07, 6.45) is -3.64. The Bertz CT molecular complexity index is 823. The van der Waals surface area contributed by atoms with Crippen molar-refractivity contribution >= 4 is 23.2 Å². The normalized spacial score (nSPS) is 15.2. The number of hydrogen-bond donors (Lipinski definition) is 2. The molecule has 2 aromatic rings. The Morgan fingerprint density at radius 3 is 1.65 bits per heavy atom. The van der Waals surface area contributed by atoms with Crippen LogP contribution in [-0.2, 0) is 15.8 Å². The van der Waals surface area contributed by atoms with E-state index in [0.29, 0.717) is 18.5 Å². The smallest absolute Gasteiger partial charge is 0.325 e. The second kappa shape index (κ2) is 6.48. The van der Waals surface area contributed by atoms with Crippen LogP contribution in [0.5, 0.6) is 0 Å². The maximum atomic E-state index is 12.6. The van der Waals surface area contributed by atoms with Crippen molar-refractivity contribution in [1.29, 1.82) is 0 Å². The highest BCUT2D eigenvalue weighted by Gasteiger charge is 2.56. The first kappa shape index (κ1) is 18.0. The van der Waals surface area contributed by atoms with Crippen LogP contribution in [0, 0.1) is 12.3 Å². The first-order chi connectivity index (χ1) is 12.2. The van der Waals surface area contributed by atoms with Gasteiger partial charge in [-0.1, -0.05) is 17.7 Å². The fourth-order valence-electron chi connectivity index (χ4n) is 2.56. The third-order valence-corrected chi connectivity index (χ3v) is 4.40. The van der Waals surface area contributed by atoms with E-state index in [1.54, 1.807) is 12.1 Å². The van der Waals surface area contributed by atoms with Crippen LogP contribution in [0.4, 0.5) is 24.5 Å². The molecule has 1 saturated carbocycles. The van der Waals surface area contributed by atoms with Gasteiger partial charge in [0.2, 0.25) is 11.8 Å². The van der Waals surface area contributed by atoms with Gasteiger partial charge >= 0.3 is 6.18 Å². The monoisotopic (exact) mass is 362 g/mol. The van der Waals surface area contributed by atoms with Crippen molar-refractivity contribution in [2.75, 3.05) is 10.6 Å². The largest absolute Gasteiger partial charge is 0.416 e. The summed E-state index contributed by atoms with van der Waals surface area (Å²) in [6.45, 7) is 1.92. The first-order valence-electron chi connectivity index (χ1n) is 8.08. The van der Waals surface area contributed by atoms with E-state index in [1.165, 1.54) is 12.1 Å². The average Bonchev–Trinajstić information content (AvgIpc) is 3.38. The van der Waals surface area contributed by atoms with Gasteiger partial charge in [-0.15, -0.1) is 0 Å². The van der Waals surface area contributed by atoms with Crippen LogP contribution in [0.25, 0.3) is 0 Å². The van der Waals surface area contributed by atoms with E-state index in [1.807, 2.05) is 19.1 Å². The number of alkyl halides is 3. The summed E-state index contributed by atoms with van der Waals surface area (Å²) in [6, 6.07) is 11.3. The minimum atomic E-state index is -4.44. The number of carbonyl (C=O) groups excluding carboxylic acids is 2. The molecule has 0 spiro atoms. The number of rotatable bonds is 4. The van der Waals surface area contributed by atoms with Gasteiger partial charge in [0.1, 0.15) is 5.41 Å². The molecule has 136 valence electrons. The van der Waals surface area contributed by atoms with Crippen LogP contribution < -0.4 is 10.6 Å². The molecule has 4 nitrogen and oxygen atoms in total. The summed E-state index contributed by atoms with van der Waals surface area (Å²) >= 11 is 0. The van der Waals surface area contributed by atoms with E-state index in [-0.39, 0.29) is 5.69 Å². The average molecular weight is 362 g/mol. The van der Waals surface area contributed by atoms with Gasteiger partial charge in [0, 0.05) is 11.4 Å². The molecular weight excluding hydrogens is 345 g/mol. The molecule has 26 heavy (non-hydrogen) atoms. The third-order valence-electron chi connectivity index (χ3n) is 4.40. The van der Waals surface area contributed by atoms with Crippen molar-refractivity contribution in [2.45, 2.75) is 25.9 Å². The number of benzene rings is 2. The predicted molar refractivity (Wildman–Crippen MR) is 91.5 cm³/mol. The summed E-state index contributed by atoms with van der Waals surface area (Å²) in [5, 5.41) is 5.25. The summed E-state index contributed by atoms with van der Waals surface area (Å²) in [4.78, 5) is 24.9. The van der Waals surface area contributed by atoms with Gasteiger partial charge in [-0.2, -0.15) is 13.2 Å². The van der Waals surface area contributed by atoms with Crippen molar-refractivity contribution < 1.29 is 22.8 Å². The topological polar surface area (TPSA) is 58.2 Å². The molecule has 0 unspecified atom stereocenters. The maximum absolute atomic E-state index is 12.6. The maximum Gasteiger partial charge on any atom is 0.416 e. The quantitative estimate of drug-likeness (QED) is 0.794. The molecule has 1 aliphatic carbocycles. The lowest BCUT2D eigenvalue weighted by Crippen LogP contribution is -2.35. The lowest BCUT2D eigenvalue weighted by molar-refractivity contribution is -0.137. The van der Waals surface area contributed by atoms with Crippen molar-refractivity contribution in [3.63, 3.8) is 0 Å². The summed E-state index contributed by atoms with van der Waals surface area (Å²) in [5.41, 5.74) is -0.113. The minimum absolute atomic E-state index is 0.220. The number of amides is 2. The fourth-order valence-corrected chi connectivity index (χ4v) is 2.56. The molecule has 0 bridgehead atoms. The molecule has 1 fully saturated rings. The zero-order valence-electron chi connectivity index (χ0n) is 14.0. The Morgan fingerprint density at radius 2 is 1.27 bits per heavy atom. The first-order valence-corrected chi connectivity index (χ1v) is 8.08. The molecule has 0 saturated heterocycles. The molecule has 0 atom stereocenters. The van der Waals surface area contributed by atoms with Gasteiger partial charge < -0.3 is 10.6 Å². The number of halogens is 3. The van der Waals surface area contributed by atoms with E-state index in [2.05, 4.69) is 10.6 Å². The Morgan fingerprint density at radius 1 is 0.846 bits per heavy atom. The van der Waals surface area contributed by atoms with Crippen molar-refractivity contribution in [3.8, 4) is 0 Å². The number of nitrogens with one attached hydrogen (secondary N) is 2. The molecule has 0 aliphatic heterocycles. The SMILES string of the molecule is Cc1ccc(NC(=O)C2(C(=O)Nc3ccc(C(F)(F)F)cc3)CC2)cc1. The highest BCUT2D eigenvalue weighted by Crippen LogP contribution is 2.47. The molecule has 3 rings (SSSR count).